The molecule has 0 aliphatic carbocycles. The second-order valence-corrected chi connectivity index (χ2v) is 6.92. The minimum Gasteiger partial charge on any atom is -0.325 e. The van der Waals surface area contributed by atoms with Gasteiger partial charge in [0.15, 0.2) is 0 Å². The zero-order valence-corrected chi connectivity index (χ0v) is 17.1. The van der Waals surface area contributed by atoms with E-state index >= 15 is 0 Å². The molecule has 0 aliphatic rings. The summed E-state index contributed by atoms with van der Waals surface area (Å²) < 4.78 is 15.4. The third-order valence-corrected chi connectivity index (χ3v) is 4.74. The second-order valence-electron chi connectivity index (χ2n) is 6.92. The van der Waals surface area contributed by atoms with Crippen LogP contribution in [0, 0.1) is 17.1 Å². The average Bonchev–Trinajstić information content (AvgIpc) is 3.20. The van der Waals surface area contributed by atoms with Gasteiger partial charge in [-0.25, -0.2) is 14.4 Å². The van der Waals surface area contributed by atoms with Gasteiger partial charge in [0.25, 0.3) is 0 Å². The van der Waals surface area contributed by atoms with Gasteiger partial charge in [-0.3, -0.25) is 9.48 Å². The van der Waals surface area contributed by atoms with Crippen molar-refractivity contribution in [2.24, 2.45) is 7.05 Å². The van der Waals surface area contributed by atoms with E-state index in [1.807, 2.05) is 0 Å². The van der Waals surface area contributed by atoms with Gasteiger partial charge >= 0.3 is 0 Å². The van der Waals surface area contributed by atoms with E-state index in [1.165, 1.54) is 6.07 Å². The number of hydrogen-bond donors (Lipinski definition) is 2. The predicted molar refractivity (Wildman–Crippen MR) is 117 cm³/mol. The Kier molecular flexibility index (Phi) is 5.85. The van der Waals surface area contributed by atoms with Crippen LogP contribution in [-0.4, -0.2) is 25.7 Å². The van der Waals surface area contributed by atoms with Crippen LogP contribution in [0.2, 0.25) is 0 Å². The van der Waals surface area contributed by atoms with Crippen molar-refractivity contribution in [1.82, 2.24) is 19.7 Å². The number of benzene rings is 2. The van der Waals surface area contributed by atoms with E-state index in [1.54, 1.807) is 72.7 Å². The van der Waals surface area contributed by atoms with Gasteiger partial charge in [-0.2, -0.15) is 10.4 Å². The fourth-order valence-corrected chi connectivity index (χ4v) is 3.11. The summed E-state index contributed by atoms with van der Waals surface area (Å²) in [6.45, 7) is 0. The molecule has 32 heavy (non-hydrogen) atoms. The number of aromatic nitrogens is 4. The third-order valence-electron chi connectivity index (χ3n) is 4.74. The lowest BCUT2D eigenvalue weighted by molar-refractivity contribution is -0.115. The van der Waals surface area contributed by atoms with E-state index < -0.39 is 11.7 Å². The second kappa shape index (κ2) is 9.06. The standard InChI is InChI=1S/C23H18FN7O/c1-31-21(9-11-27-31)30-23-26-10-8-20(29-23)16-6-7-19(17(12-16)14-25)28-22(32)13-15-4-2-3-5-18(15)24/h2-12H,13H2,1H3,(H,28,32)(H,26,29,30). The maximum atomic E-state index is 13.8. The zero-order chi connectivity index (χ0) is 22.5. The van der Waals surface area contributed by atoms with Gasteiger partial charge in [0.1, 0.15) is 17.7 Å². The van der Waals surface area contributed by atoms with Gasteiger partial charge in [-0.1, -0.05) is 24.3 Å². The molecular weight excluding hydrogens is 409 g/mol. The lowest BCUT2D eigenvalue weighted by atomic mass is 10.1. The highest BCUT2D eigenvalue weighted by Crippen LogP contribution is 2.25. The Morgan fingerprint density at radius 2 is 2.00 bits per heavy atom. The normalized spacial score (nSPS) is 10.4. The van der Waals surface area contributed by atoms with Gasteiger partial charge in [0, 0.05) is 24.9 Å². The number of amides is 1. The number of anilines is 3. The van der Waals surface area contributed by atoms with E-state index in [0.29, 0.717) is 22.9 Å². The van der Waals surface area contributed by atoms with E-state index in [9.17, 15) is 14.4 Å². The van der Waals surface area contributed by atoms with Crippen molar-refractivity contribution < 1.29 is 9.18 Å². The molecule has 0 bridgehead atoms. The molecule has 0 fully saturated rings. The first kappa shape index (κ1) is 20.7. The van der Waals surface area contributed by atoms with Crippen molar-refractivity contribution in [1.29, 1.82) is 5.26 Å². The topological polar surface area (TPSA) is 109 Å². The van der Waals surface area contributed by atoms with Crippen LogP contribution in [0.3, 0.4) is 0 Å². The Bertz CT molecular complexity index is 1330. The Morgan fingerprint density at radius 3 is 2.75 bits per heavy atom. The van der Waals surface area contributed by atoms with Crippen LogP contribution in [0.5, 0.6) is 0 Å². The van der Waals surface area contributed by atoms with Crippen molar-refractivity contribution >= 4 is 23.4 Å². The monoisotopic (exact) mass is 427 g/mol. The number of halogens is 1. The molecule has 2 aromatic heterocycles. The minimum absolute atomic E-state index is 0.131. The summed E-state index contributed by atoms with van der Waals surface area (Å²) in [5.41, 5.74) is 2.19. The molecule has 1 amide bonds. The third kappa shape index (κ3) is 4.60. The number of nitrogens with zero attached hydrogens (tertiary/aromatic N) is 5. The van der Waals surface area contributed by atoms with Crippen LogP contribution in [0.25, 0.3) is 11.3 Å². The molecule has 0 atom stereocenters. The van der Waals surface area contributed by atoms with E-state index in [0.717, 1.165) is 5.82 Å². The quantitative estimate of drug-likeness (QED) is 0.484. The highest BCUT2D eigenvalue weighted by atomic mass is 19.1. The molecule has 0 spiro atoms. The summed E-state index contributed by atoms with van der Waals surface area (Å²) in [4.78, 5) is 21.1. The maximum Gasteiger partial charge on any atom is 0.228 e. The summed E-state index contributed by atoms with van der Waals surface area (Å²) in [5, 5.41) is 19.4. The first-order valence-electron chi connectivity index (χ1n) is 9.69. The van der Waals surface area contributed by atoms with Crippen LogP contribution >= 0.6 is 0 Å². The average molecular weight is 427 g/mol. The first-order chi connectivity index (χ1) is 15.5. The van der Waals surface area contributed by atoms with E-state index in [4.69, 9.17) is 0 Å². The minimum atomic E-state index is -0.446. The molecule has 2 heterocycles. The molecule has 2 N–H and O–H groups in total. The Morgan fingerprint density at radius 1 is 1.16 bits per heavy atom. The number of hydrogen-bond acceptors (Lipinski definition) is 6. The lowest BCUT2D eigenvalue weighted by Crippen LogP contribution is -2.16. The fourth-order valence-electron chi connectivity index (χ4n) is 3.11. The van der Waals surface area contributed by atoms with Crippen LogP contribution < -0.4 is 10.6 Å². The molecule has 158 valence electrons. The molecule has 4 aromatic rings. The van der Waals surface area contributed by atoms with Crippen molar-refractivity contribution in [2.45, 2.75) is 6.42 Å². The van der Waals surface area contributed by atoms with Gasteiger partial charge in [0.05, 0.1) is 29.6 Å². The van der Waals surface area contributed by atoms with E-state index in [-0.39, 0.29) is 17.5 Å². The maximum absolute atomic E-state index is 13.8. The van der Waals surface area contributed by atoms with Crippen LogP contribution in [0.1, 0.15) is 11.1 Å². The molecule has 0 radical (unpaired) electrons. The molecule has 0 aliphatic heterocycles. The van der Waals surface area contributed by atoms with Gasteiger partial charge < -0.3 is 10.6 Å². The number of carbonyl (C=O) groups is 1. The van der Waals surface area contributed by atoms with Crippen molar-refractivity contribution in [2.75, 3.05) is 10.6 Å². The summed E-state index contributed by atoms with van der Waals surface area (Å²) in [6.07, 6.45) is 3.13. The molecule has 0 saturated carbocycles. The summed E-state index contributed by atoms with van der Waals surface area (Å²) >= 11 is 0. The SMILES string of the molecule is Cn1nccc1Nc1nccc(-c2ccc(NC(=O)Cc3ccccc3F)c(C#N)c2)n1. The molecule has 4 rings (SSSR count). The molecule has 0 unspecified atom stereocenters. The molecular formula is C23H18FN7O. The van der Waals surface area contributed by atoms with Crippen molar-refractivity contribution in [3.8, 4) is 17.3 Å². The molecule has 9 heteroatoms. The number of carbonyl (C=O) groups excluding carboxylic acids is 1. The smallest absolute Gasteiger partial charge is 0.228 e. The van der Waals surface area contributed by atoms with Crippen molar-refractivity contribution in [3.05, 3.63) is 83.9 Å². The number of rotatable bonds is 6. The van der Waals surface area contributed by atoms with Gasteiger partial charge in [-0.15, -0.1) is 0 Å². The van der Waals surface area contributed by atoms with E-state index in [2.05, 4.69) is 31.8 Å². The van der Waals surface area contributed by atoms with Crippen LogP contribution in [0.15, 0.2) is 67.0 Å². The lowest BCUT2D eigenvalue weighted by Gasteiger charge is -2.10. The Balaban J connectivity index is 1.53. The Labute approximate surface area is 183 Å². The molecule has 8 nitrogen and oxygen atoms in total. The largest absolute Gasteiger partial charge is 0.325 e. The first-order valence-corrected chi connectivity index (χ1v) is 9.69. The van der Waals surface area contributed by atoms with Crippen molar-refractivity contribution in [3.63, 3.8) is 0 Å². The fraction of sp³-hybridized carbons (Fsp3) is 0.0870. The molecule has 0 saturated heterocycles. The number of nitriles is 1. The predicted octanol–water partition coefficient (Wildman–Crippen LogP) is 3.81. The van der Waals surface area contributed by atoms with Gasteiger partial charge in [0.2, 0.25) is 11.9 Å². The summed E-state index contributed by atoms with van der Waals surface area (Å²) in [7, 11) is 1.80. The summed E-state index contributed by atoms with van der Waals surface area (Å²) in [6, 6.07) is 16.7. The number of nitrogens with one attached hydrogen (secondary N) is 2. The summed E-state index contributed by atoms with van der Waals surface area (Å²) in [5.74, 6) is 0.251. The number of aryl methyl sites for hydroxylation is 1. The van der Waals surface area contributed by atoms with Crippen LogP contribution in [0.4, 0.5) is 21.8 Å². The Hall–Kier alpha value is -4.58. The highest BCUT2D eigenvalue weighted by molar-refractivity contribution is 5.94. The van der Waals surface area contributed by atoms with Crippen LogP contribution in [-0.2, 0) is 18.3 Å². The highest BCUT2D eigenvalue weighted by Gasteiger charge is 2.12. The van der Waals surface area contributed by atoms with Gasteiger partial charge in [-0.05, 0) is 29.8 Å². The zero-order valence-electron chi connectivity index (χ0n) is 17.1. The molecule has 2 aromatic carbocycles.